The predicted molar refractivity (Wildman–Crippen MR) is 131 cm³/mol. The Balaban J connectivity index is 1.55. The van der Waals surface area contributed by atoms with Gasteiger partial charge < -0.3 is 15.4 Å². The van der Waals surface area contributed by atoms with Gasteiger partial charge in [0.25, 0.3) is 11.8 Å². The van der Waals surface area contributed by atoms with E-state index in [1.165, 1.54) is 11.8 Å². The number of aromatic nitrogens is 2. The van der Waals surface area contributed by atoms with E-state index in [1.54, 1.807) is 74.0 Å². The van der Waals surface area contributed by atoms with Crippen molar-refractivity contribution < 1.29 is 14.3 Å². The van der Waals surface area contributed by atoms with Crippen LogP contribution in [0, 0.1) is 0 Å². The highest BCUT2D eigenvalue weighted by Crippen LogP contribution is 2.22. The lowest BCUT2D eigenvalue weighted by Crippen LogP contribution is -2.18. The number of nitrogens with zero attached hydrogens (tertiary/aromatic N) is 2. The van der Waals surface area contributed by atoms with E-state index >= 15 is 0 Å². The smallest absolute Gasteiger partial charge is 0.257 e. The van der Waals surface area contributed by atoms with Crippen molar-refractivity contribution in [2.75, 3.05) is 24.0 Å². The second kappa shape index (κ2) is 10.1. The SMILES string of the molecule is COc1cccc(NC(=O)c2ccccc2NC(=O)c2cccc(-n3ccnc3SC)c2)c1. The second-order valence-corrected chi connectivity index (χ2v) is 7.79. The zero-order valence-electron chi connectivity index (χ0n) is 18.1. The van der Waals surface area contributed by atoms with E-state index in [-0.39, 0.29) is 11.8 Å². The number of para-hydroxylation sites is 1. The van der Waals surface area contributed by atoms with Gasteiger partial charge in [0.2, 0.25) is 0 Å². The van der Waals surface area contributed by atoms with Crippen LogP contribution in [0.25, 0.3) is 5.69 Å². The number of carbonyl (C=O) groups excluding carboxylic acids is 2. The molecule has 0 unspecified atom stereocenters. The van der Waals surface area contributed by atoms with Crippen LogP contribution in [0.4, 0.5) is 11.4 Å². The predicted octanol–water partition coefficient (Wildman–Crippen LogP) is 5.11. The van der Waals surface area contributed by atoms with Crippen LogP contribution in [0.3, 0.4) is 0 Å². The number of rotatable bonds is 7. The van der Waals surface area contributed by atoms with Gasteiger partial charge in [-0.25, -0.2) is 4.98 Å². The molecule has 2 N–H and O–H groups in total. The summed E-state index contributed by atoms with van der Waals surface area (Å²) < 4.78 is 7.12. The molecular weight excluding hydrogens is 436 g/mol. The van der Waals surface area contributed by atoms with E-state index in [0.29, 0.717) is 28.3 Å². The molecular formula is C25H22N4O3S. The Bertz CT molecular complexity index is 1300. The number of hydrogen-bond acceptors (Lipinski definition) is 5. The molecule has 0 radical (unpaired) electrons. The Labute approximate surface area is 195 Å². The topological polar surface area (TPSA) is 85.3 Å². The van der Waals surface area contributed by atoms with Gasteiger partial charge in [-0.05, 0) is 48.7 Å². The first-order valence-corrected chi connectivity index (χ1v) is 11.3. The minimum atomic E-state index is -0.337. The van der Waals surface area contributed by atoms with Gasteiger partial charge in [-0.3, -0.25) is 14.2 Å². The van der Waals surface area contributed by atoms with Crippen molar-refractivity contribution in [1.29, 1.82) is 0 Å². The van der Waals surface area contributed by atoms with Gasteiger partial charge in [0.05, 0.1) is 18.4 Å². The maximum atomic E-state index is 13.0. The summed E-state index contributed by atoms with van der Waals surface area (Å²) in [5.74, 6) is -0.0166. The lowest BCUT2D eigenvalue weighted by Gasteiger charge is -2.13. The molecule has 0 spiro atoms. The fourth-order valence-electron chi connectivity index (χ4n) is 3.32. The summed E-state index contributed by atoms with van der Waals surface area (Å²) in [4.78, 5) is 30.2. The number of methoxy groups -OCH3 is 1. The third-order valence-corrected chi connectivity index (χ3v) is 5.59. The summed E-state index contributed by atoms with van der Waals surface area (Å²) in [7, 11) is 1.56. The molecule has 0 atom stereocenters. The number of nitrogens with one attached hydrogen (secondary N) is 2. The van der Waals surface area contributed by atoms with Crippen LogP contribution in [0.1, 0.15) is 20.7 Å². The minimum absolute atomic E-state index is 0.315. The van der Waals surface area contributed by atoms with Gasteiger partial charge in [-0.1, -0.05) is 36.0 Å². The van der Waals surface area contributed by atoms with Crippen LogP contribution in [0.15, 0.2) is 90.3 Å². The number of amides is 2. The molecule has 0 bridgehead atoms. The Morgan fingerprint density at radius 2 is 1.76 bits per heavy atom. The number of imidazole rings is 1. The molecule has 1 heterocycles. The number of hydrogen-bond donors (Lipinski definition) is 2. The molecule has 4 aromatic rings. The lowest BCUT2D eigenvalue weighted by atomic mass is 10.1. The molecule has 0 fully saturated rings. The molecule has 166 valence electrons. The van der Waals surface area contributed by atoms with Crippen LogP contribution in [-0.4, -0.2) is 34.7 Å². The Morgan fingerprint density at radius 1 is 0.939 bits per heavy atom. The van der Waals surface area contributed by atoms with Crippen molar-refractivity contribution in [3.05, 3.63) is 96.3 Å². The van der Waals surface area contributed by atoms with E-state index in [1.807, 2.05) is 29.2 Å². The second-order valence-electron chi connectivity index (χ2n) is 7.02. The van der Waals surface area contributed by atoms with Crippen LogP contribution in [-0.2, 0) is 0 Å². The van der Waals surface area contributed by atoms with Crippen LogP contribution < -0.4 is 15.4 Å². The summed E-state index contributed by atoms with van der Waals surface area (Å²) in [5, 5.41) is 6.53. The molecule has 0 aliphatic rings. The van der Waals surface area contributed by atoms with Crippen molar-refractivity contribution >= 4 is 35.0 Å². The van der Waals surface area contributed by atoms with Gasteiger partial charge in [-0.15, -0.1) is 0 Å². The molecule has 1 aromatic heterocycles. The van der Waals surface area contributed by atoms with E-state index in [0.717, 1.165) is 10.8 Å². The normalized spacial score (nSPS) is 10.5. The molecule has 7 nitrogen and oxygen atoms in total. The summed E-state index contributed by atoms with van der Waals surface area (Å²) in [6.07, 6.45) is 5.51. The zero-order chi connectivity index (χ0) is 23.2. The molecule has 3 aromatic carbocycles. The Kier molecular flexibility index (Phi) is 6.75. The molecule has 4 rings (SSSR count). The standard InChI is InChI=1S/C25H22N4O3S/c1-32-20-10-6-8-18(16-20)27-24(31)21-11-3-4-12-22(21)28-23(30)17-7-5-9-19(15-17)29-14-13-26-25(29)33-2/h3-16H,1-2H3,(H,27,31)(H,28,30). The maximum absolute atomic E-state index is 13.0. The third-order valence-electron chi connectivity index (χ3n) is 4.92. The molecule has 33 heavy (non-hydrogen) atoms. The largest absolute Gasteiger partial charge is 0.497 e. The van der Waals surface area contributed by atoms with Crippen molar-refractivity contribution in [2.45, 2.75) is 5.16 Å². The molecule has 0 aliphatic heterocycles. The van der Waals surface area contributed by atoms with Crippen LogP contribution >= 0.6 is 11.8 Å². The highest BCUT2D eigenvalue weighted by molar-refractivity contribution is 7.98. The monoisotopic (exact) mass is 458 g/mol. The molecule has 0 saturated heterocycles. The van der Waals surface area contributed by atoms with Gasteiger partial charge in [0.15, 0.2) is 5.16 Å². The number of ether oxygens (including phenoxy) is 1. The van der Waals surface area contributed by atoms with Crippen LogP contribution in [0.2, 0.25) is 0 Å². The highest BCUT2D eigenvalue weighted by atomic mass is 32.2. The number of anilines is 2. The van der Waals surface area contributed by atoms with Gasteiger partial charge in [0, 0.05) is 35.4 Å². The summed E-state index contributed by atoms with van der Waals surface area (Å²) in [6.45, 7) is 0. The Morgan fingerprint density at radius 3 is 2.58 bits per heavy atom. The van der Waals surface area contributed by atoms with E-state index in [4.69, 9.17) is 4.74 Å². The quantitative estimate of drug-likeness (QED) is 0.376. The average molecular weight is 459 g/mol. The van der Waals surface area contributed by atoms with E-state index in [2.05, 4.69) is 15.6 Å². The number of carbonyl (C=O) groups is 2. The fraction of sp³-hybridized carbons (Fsp3) is 0.0800. The number of benzene rings is 3. The first kappa shape index (κ1) is 22.2. The number of thioether (sulfide) groups is 1. The first-order valence-electron chi connectivity index (χ1n) is 10.1. The van der Waals surface area contributed by atoms with Crippen LogP contribution in [0.5, 0.6) is 5.75 Å². The third kappa shape index (κ3) is 5.07. The van der Waals surface area contributed by atoms with Crippen molar-refractivity contribution in [3.63, 3.8) is 0 Å². The Hall–Kier alpha value is -4.04. The zero-order valence-corrected chi connectivity index (χ0v) is 18.9. The fourth-order valence-corrected chi connectivity index (χ4v) is 3.85. The molecule has 0 saturated carbocycles. The average Bonchev–Trinajstić information content (AvgIpc) is 3.33. The van der Waals surface area contributed by atoms with E-state index in [9.17, 15) is 9.59 Å². The minimum Gasteiger partial charge on any atom is -0.497 e. The summed E-state index contributed by atoms with van der Waals surface area (Å²) >= 11 is 1.52. The van der Waals surface area contributed by atoms with Gasteiger partial charge in [0.1, 0.15) is 5.75 Å². The highest BCUT2D eigenvalue weighted by Gasteiger charge is 2.15. The maximum Gasteiger partial charge on any atom is 0.257 e. The van der Waals surface area contributed by atoms with Crippen molar-refractivity contribution in [3.8, 4) is 11.4 Å². The molecule has 8 heteroatoms. The first-order chi connectivity index (χ1) is 16.1. The van der Waals surface area contributed by atoms with Crippen molar-refractivity contribution in [2.24, 2.45) is 0 Å². The van der Waals surface area contributed by atoms with Crippen molar-refractivity contribution in [1.82, 2.24) is 9.55 Å². The van der Waals surface area contributed by atoms with E-state index < -0.39 is 0 Å². The molecule has 0 aliphatic carbocycles. The summed E-state index contributed by atoms with van der Waals surface area (Å²) in [5.41, 5.74) is 2.66. The summed E-state index contributed by atoms with van der Waals surface area (Å²) in [6, 6.07) is 21.2. The lowest BCUT2D eigenvalue weighted by molar-refractivity contribution is 0.102. The van der Waals surface area contributed by atoms with Gasteiger partial charge in [-0.2, -0.15) is 0 Å². The van der Waals surface area contributed by atoms with Gasteiger partial charge >= 0.3 is 0 Å². The molecule has 2 amide bonds.